The summed E-state index contributed by atoms with van der Waals surface area (Å²) < 4.78 is 5.19. The van der Waals surface area contributed by atoms with Crippen molar-refractivity contribution in [2.24, 2.45) is 5.73 Å². The smallest absolute Gasteiger partial charge is 0.227 e. The van der Waals surface area contributed by atoms with E-state index in [0.29, 0.717) is 11.7 Å². The van der Waals surface area contributed by atoms with Crippen LogP contribution in [0.25, 0.3) is 11.4 Å². The van der Waals surface area contributed by atoms with Crippen LogP contribution in [-0.4, -0.2) is 16.2 Å². The zero-order chi connectivity index (χ0) is 12.3. The lowest BCUT2D eigenvalue weighted by Gasteiger charge is -1.99. The van der Waals surface area contributed by atoms with Gasteiger partial charge in [0, 0.05) is 18.0 Å². The lowest BCUT2D eigenvalue weighted by Crippen LogP contribution is -2.15. The molecule has 17 heavy (non-hydrogen) atoms. The molecule has 0 aliphatic rings. The molecule has 1 aromatic heterocycles. The third kappa shape index (κ3) is 3.14. The van der Waals surface area contributed by atoms with E-state index < -0.39 is 0 Å². The highest BCUT2D eigenvalue weighted by atomic mass is 16.5. The zero-order valence-electron chi connectivity index (χ0n) is 10.2. The van der Waals surface area contributed by atoms with Gasteiger partial charge in [-0.05, 0) is 26.3 Å². The summed E-state index contributed by atoms with van der Waals surface area (Å²) in [6, 6.07) is 8.21. The predicted octanol–water partition coefficient (Wildman–Crippen LogP) is 2.32. The Morgan fingerprint density at radius 1 is 1.41 bits per heavy atom. The molecule has 0 spiro atoms. The molecule has 0 saturated carbocycles. The zero-order valence-corrected chi connectivity index (χ0v) is 10.2. The number of nitrogens with zero attached hydrogens (tertiary/aromatic N) is 2. The molecule has 1 unspecified atom stereocenters. The number of aromatic nitrogens is 2. The monoisotopic (exact) mass is 231 g/mol. The first-order valence-electron chi connectivity index (χ1n) is 5.80. The van der Waals surface area contributed by atoms with Gasteiger partial charge in [-0.25, -0.2) is 0 Å². The Morgan fingerprint density at radius 2 is 2.24 bits per heavy atom. The van der Waals surface area contributed by atoms with Crippen LogP contribution in [-0.2, 0) is 6.42 Å². The van der Waals surface area contributed by atoms with Gasteiger partial charge in [-0.3, -0.25) is 0 Å². The minimum atomic E-state index is 0.157. The highest BCUT2D eigenvalue weighted by Gasteiger charge is 2.09. The van der Waals surface area contributed by atoms with Crippen molar-refractivity contribution in [2.75, 3.05) is 0 Å². The van der Waals surface area contributed by atoms with Gasteiger partial charge in [0.25, 0.3) is 0 Å². The minimum Gasteiger partial charge on any atom is -0.339 e. The molecule has 4 heteroatoms. The fourth-order valence-electron chi connectivity index (χ4n) is 1.61. The van der Waals surface area contributed by atoms with E-state index in [1.165, 1.54) is 5.56 Å². The minimum absolute atomic E-state index is 0.157. The summed E-state index contributed by atoms with van der Waals surface area (Å²) in [4.78, 5) is 4.36. The molecule has 0 amide bonds. The maximum absolute atomic E-state index is 5.69. The normalized spacial score (nSPS) is 12.6. The van der Waals surface area contributed by atoms with Crippen LogP contribution in [0.15, 0.2) is 28.8 Å². The van der Waals surface area contributed by atoms with Crippen LogP contribution in [0.3, 0.4) is 0 Å². The number of rotatable bonds is 4. The second kappa shape index (κ2) is 5.10. The largest absolute Gasteiger partial charge is 0.339 e. The third-order valence-corrected chi connectivity index (χ3v) is 2.56. The van der Waals surface area contributed by atoms with Crippen LogP contribution in [0.4, 0.5) is 0 Å². The molecule has 0 aliphatic carbocycles. The number of hydrogen-bond acceptors (Lipinski definition) is 4. The SMILES string of the molecule is Cc1cccc(-c2noc(CCC(C)N)n2)c1. The molecule has 1 heterocycles. The maximum atomic E-state index is 5.69. The molecule has 4 nitrogen and oxygen atoms in total. The lowest BCUT2D eigenvalue weighted by atomic mass is 10.1. The van der Waals surface area contributed by atoms with Crippen LogP contribution >= 0.6 is 0 Å². The van der Waals surface area contributed by atoms with Gasteiger partial charge in [-0.1, -0.05) is 28.9 Å². The van der Waals surface area contributed by atoms with Gasteiger partial charge < -0.3 is 10.3 Å². The summed E-state index contributed by atoms with van der Waals surface area (Å²) >= 11 is 0. The Morgan fingerprint density at radius 3 is 2.94 bits per heavy atom. The molecule has 2 aromatic rings. The Kier molecular flexibility index (Phi) is 3.54. The molecular weight excluding hydrogens is 214 g/mol. The van der Waals surface area contributed by atoms with Gasteiger partial charge in [0.05, 0.1) is 0 Å². The molecule has 0 bridgehead atoms. The van der Waals surface area contributed by atoms with Crippen molar-refractivity contribution in [1.29, 1.82) is 0 Å². The molecule has 90 valence electrons. The van der Waals surface area contributed by atoms with Crippen LogP contribution in [0.5, 0.6) is 0 Å². The highest BCUT2D eigenvalue weighted by Crippen LogP contribution is 2.17. The van der Waals surface area contributed by atoms with E-state index >= 15 is 0 Å². The van der Waals surface area contributed by atoms with Crippen molar-refractivity contribution in [3.05, 3.63) is 35.7 Å². The van der Waals surface area contributed by atoms with Gasteiger partial charge in [-0.15, -0.1) is 0 Å². The maximum Gasteiger partial charge on any atom is 0.227 e. The lowest BCUT2D eigenvalue weighted by molar-refractivity contribution is 0.372. The molecule has 0 saturated heterocycles. The summed E-state index contributed by atoms with van der Waals surface area (Å²) in [5.41, 5.74) is 7.86. The third-order valence-electron chi connectivity index (χ3n) is 2.56. The average Bonchev–Trinajstić information content (AvgIpc) is 2.75. The Labute approximate surface area is 101 Å². The predicted molar refractivity (Wildman–Crippen MR) is 66.4 cm³/mol. The average molecular weight is 231 g/mol. The van der Waals surface area contributed by atoms with Crippen molar-refractivity contribution in [2.45, 2.75) is 32.7 Å². The molecule has 2 rings (SSSR count). The fraction of sp³-hybridized carbons (Fsp3) is 0.385. The Balaban J connectivity index is 2.12. The molecule has 1 atom stereocenters. The molecular formula is C13H17N3O. The van der Waals surface area contributed by atoms with E-state index in [2.05, 4.69) is 10.1 Å². The van der Waals surface area contributed by atoms with Gasteiger partial charge in [0.2, 0.25) is 11.7 Å². The van der Waals surface area contributed by atoms with Crippen molar-refractivity contribution in [1.82, 2.24) is 10.1 Å². The van der Waals surface area contributed by atoms with Crippen LogP contribution < -0.4 is 5.73 Å². The van der Waals surface area contributed by atoms with E-state index in [1.54, 1.807) is 0 Å². The number of aryl methyl sites for hydroxylation is 2. The van der Waals surface area contributed by atoms with Crippen molar-refractivity contribution < 1.29 is 4.52 Å². The quantitative estimate of drug-likeness (QED) is 0.877. The van der Waals surface area contributed by atoms with Gasteiger partial charge in [0.15, 0.2) is 0 Å². The van der Waals surface area contributed by atoms with E-state index in [1.807, 2.05) is 38.1 Å². The number of hydrogen-bond donors (Lipinski definition) is 1. The summed E-state index contributed by atoms with van der Waals surface area (Å²) in [7, 11) is 0. The highest BCUT2D eigenvalue weighted by molar-refractivity contribution is 5.55. The van der Waals surface area contributed by atoms with E-state index in [0.717, 1.165) is 18.4 Å². The fourth-order valence-corrected chi connectivity index (χ4v) is 1.61. The van der Waals surface area contributed by atoms with Crippen molar-refractivity contribution >= 4 is 0 Å². The second-order valence-electron chi connectivity index (χ2n) is 4.40. The summed E-state index contributed by atoms with van der Waals surface area (Å²) in [5, 5.41) is 3.98. The number of nitrogens with two attached hydrogens (primary N) is 1. The number of benzene rings is 1. The first-order valence-corrected chi connectivity index (χ1v) is 5.80. The first kappa shape index (κ1) is 11.8. The Hall–Kier alpha value is -1.68. The Bertz CT molecular complexity index is 491. The van der Waals surface area contributed by atoms with Crippen LogP contribution in [0.2, 0.25) is 0 Å². The topological polar surface area (TPSA) is 64.9 Å². The summed E-state index contributed by atoms with van der Waals surface area (Å²) in [6.07, 6.45) is 1.59. The molecule has 1 aromatic carbocycles. The second-order valence-corrected chi connectivity index (χ2v) is 4.40. The van der Waals surface area contributed by atoms with E-state index in [-0.39, 0.29) is 6.04 Å². The first-order chi connectivity index (χ1) is 8.15. The van der Waals surface area contributed by atoms with Crippen molar-refractivity contribution in [3.63, 3.8) is 0 Å². The van der Waals surface area contributed by atoms with E-state index in [4.69, 9.17) is 10.3 Å². The van der Waals surface area contributed by atoms with Crippen molar-refractivity contribution in [3.8, 4) is 11.4 Å². The molecule has 0 radical (unpaired) electrons. The molecule has 0 aliphatic heterocycles. The standard InChI is InChI=1S/C13H17N3O/c1-9-4-3-5-11(8-9)13-15-12(17-16-13)7-6-10(2)14/h3-5,8,10H,6-7,14H2,1-2H3. The summed E-state index contributed by atoms with van der Waals surface area (Å²) in [5.74, 6) is 1.30. The molecule has 2 N–H and O–H groups in total. The van der Waals surface area contributed by atoms with Gasteiger partial charge >= 0.3 is 0 Å². The van der Waals surface area contributed by atoms with Gasteiger partial charge in [-0.2, -0.15) is 4.98 Å². The van der Waals surface area contributed by atoms with Gasteiger partial charge in [0.1, 0.15) is 0 Å². The van der Waals surface area contributed by atoms with E-state index in [9.17, 15) is 0 Å². The van der Waals surface area contributed by atoms with Crippen LogP contribution in [0.1, 0.15) is 24.8 Å². The molecule has 0 fully saturated rings. The summed E-state index contributed by atoms with van der Waals surface area (Å²) in [6.45, 7) is 4.01. The van der Waals surface area contributed by atoms with Crippen LogP contribution in [0, 0.1) is 6.92 Å².